The Labute approximate surface area is 107 Å². The van der Waals surface area contributed by atoms with Gasteiger partial charge in [-0.05, 0) is 12.1 Å². The summed E-state index contributed by atoms with van der Waals surface area (Å²) in [5.41, 5.74) is 17.6. The van der Waals surface area contributed by atoms with Crippen molar-refractivity contribution < 1.29 is 0 Å². The Morgan fingerprint density at radius 3 is 2.47 bits per heavy atom. The van der Waals surface area contributed by atoms with Crippen LogP contribution in [0.2, 0.25) is 5.02 Å². The quantitative estimate of drug-likeness (QED) is 0.568. The van der Waals surface area contributed by atoms with Crippen molar-refractivity contribution in [2.24, 2.45) is 0 Å². The minimum absolute atomic E-state index is 0.0869. The zero-order valence-corrected chi connectivity index (χ0v) is 10.3. The highest BCUT2D eigenvalue weighted by atomic mass is 35.5. The van der Waals surface area contributed by atoms with Crippen LogP contribution in [0.1, 0.15) is 0 Å². The standard InChI is InChI=1S/C10H10ClN5S/c11-7-8(13)15-10(14)16-9(7)17-6-4-2-1-3-5(6)12/h1-4H,12H2,(H4,13,14,15,16). The maximum absolute atomic E-state index is 6.00. The van der Waals surface area contributed by atoms with Crippen molar-refractivity contribution in [1.29, 1.82) is 0 Å². The SMILES string of the molecule is Nc1nc(N)c(Cl)c(Sc2ccccc2N)n1. The highest BCUT2D eigenvalue weighted by Gasteiger charge is 2.11. The maximum atomic E-state index is 6.00. The molecule has 0 spiro atoms. The third kappa shape index (κ3) is 2.54. The van der Waals surface area contributed by atoms with Gasteiger partial charge in [-0.15, -0.1) is 0 Å². The number of nitrogens with two attached hydrogens (primary N) is 3. The molecule has 0 unspecified atom stereocenters. The molecule has 17 heavy (non-hydrogen) atoms. The monoisotopic (exact) mass is 267 g/mol. The summed E-state index contributed by atoms with van der Waals surface area (Å²) in [6, 6.07) is 7.39. The zero-order valence-electron chi connectivity index (χ0n) is 8.72. The van der Waals surface area contributed by atoms with E-state index in [4.69, 9.17) is 28.8 Å². The first kappa shape index (κ1) is 11.8. The van der Waals surface area contributed by atoms with Gasteiger partial charge in [0.25, 0.3) is 0 Å². The molecule has 0 radical (unpaired) electrons. The number of aromatic nitrogens is 2. The van der Waals surface area contributed by atoms with E-state index in [1.54, 1.807) is 6.07 Å². The fourth-order valence-corrected chi connectivity index (χ4v) is 2.28. The molecule has 6 N–H and O–H groups in total. The fraction of sp³-hybridized carbons (Fsp3) is 0. The molecule has 0 aliphatic heterocycles. The zero-order chi connectivity index (χ0) is 12.4. The van der Waals surface area contributed by atoms with Crippen molar-refractivity contribution in [2.75, 3.05) is 17.2 Å². The highest BCUT2D eigenvalue weighted by molar-refractivity contribution is 7.99. The minimum atomic E-state index is 0.0869. The van der Waals surface area contributed by atoms with Crippen LogP contribution in [0.5, 0.6) is 0 Å². The highest BCUT2D eigenvalue weighted by Crippen LogP contribution is 2.36. The molecule has 5 nitrogen and oxygen atoms in total. The molecule has 1 heterocycles. The first-order valence-corrected chi connectivity index (χ1v) is 5.88. The Balaban J connectivity index is 2.40. The number of hydrogen-bond donors (Lipinski definition) is 3. The van der Waals surface area contributed by atoms with E-state index < -0.39 is 0 Å². The van der Waals surface area contributed by atoms with Gasteiger partial charge in [0, 0.05) is 10.6 Å². The Bertz CT molecular complexity index is 560. The number of para-hydroxylation sites is 1. The molecule has 0 bridgehead atoms. The molecule has 0 amide bonds. The molecule has 0 saturated carbocycles. The van der Waals surface area contributed by atoms with Crippen molar-refractivity contribution in [2.45, 2.75) is 9.92 Å². The summed E-state index contributed by atoms with van der Waals surface area (Å²) in [7, 11) is 0. The van der Waals surface area contributed by atoms with Crippen molar-refractivity contribution in [1.82, 2.24) is 9.97 Å². The van der Waals surface area contributed by atoms with Crippen LogP contribution in [-0.4, -0.2) is 9.97 Å². The third-order valence-electron chi connectivity index (χ3n) is 1.99. The van der Waals surface area contributed by atoms with E-state index >= 15 is 0 Å². The summed E-state index contributed by atoms with van der Waals surface area (Å²) in [5, 5.41) is 0.780. The van der Waals surface area contributed by atoms with E-state index in [0.29, 0.717) is 10.7 Å². The number of hydrogen-bond acceptors (Lipinski definition) is 6. The first-order chi connectivity index (χ1) is 8.08. The number of benzene rings is 1. The van der Waals surface area contributed by atoms with Crippen LogP contribution >= 0.6 is 23.4 Å². The second-order valence-electron chi connectivity index (χ2n) is 3.23. The van der Waals surface area contributed by atoms with E-state index in [9.17, 15) is 0 Å². The Morgan fingerprint density at radius 2 is 1.76 bits per heavy atom. The van der Waals surface area contributed by atoms with Crippen molar-refractivity contribution in [3.05, 3.63) is 29.3 Å². The number of halogens is 1. The molecule has 0 aliphatic carbocycles. The summed E-state index contributed by atoms with van der Waals surface area (Å²) in [4.78, 5) is 8.64. The van der Waals surface area contributed by atoms with Crippen LogP contribution < -0.4 is 17.2 Å². The van der Waals surface area contributed by atoms with Crippen LogP contribution in [0.3, 0.4) is 0 Å². The van der Waals surface area contributed by atoms with E-state index in [-0.39, 0.29) is 16.8 Å². The van der Waals surface area contributed by atoms with Crippen molar-refractivity contribution in [3.8, 4) is 0 Å². The predicted molar refractivity (Wildman–Crippen MR) is 70.8 cm³/mol. The third-order valence-corrected chi connectivity index (χ3v) is 3.55. The molecule has 88 valence electrons. The van der Waals surface area contributed by atoms with Crippen LogP contribution in [0.25, 0.3) is 0 Å². The lowest BCUT2D eigenvalue weighted by molar-refractivity contribution is 1.07. The molecule has 0 saturated heterocycles. The topological polar surface area (TPSA) is 104 Å². The van der Waals surface area contributed by atoms with Gasteiger partial charge in [0.05, 0.1) is 0 Å². The summed E-state index contributed by atoms with van der Waals surface area (Å²) in [6.07, 6.45) is 0. The molecule has 1 aromatic heterocycles. The normalized spacial score (nSPS) is 10.4. The minimum Gasteiger partial charge on any atom is -0.398 e. The van der Waals surface area contributed by atoms with Crippen molar-refractivity contribution >= 4 is 40.8 Å². The average molecular weight is 268 g/mol. The molecule has 1 aromatic carbocycles. The molecule has 0 atom stereocenters. The average Bonchev–Trinajstić information content (AvgIpc) is 2.28. The second kappa shape index (κ2) is 4.68. The fourth-order valence-electron chi connectivity index (χ4n) is 1.21. The number of nitrogens with zero attached hydrogens (tertiary/aromatic N) is 2. The lowest BCUT2D eigenvalue weighted by Gasteiger charge is -2.07. The smallest absolute Gasteiger partial charge is 0.223 e. The van der Waals surface area contributed by atoms with Gasteiger partial charge in [0.15, 0.2) is 0 Å². The second-order valence-corrected chi connectivity index (χ2v) is 4.63. The summed E-state index contributed by atoms with van der Waals surface area (Å²) < 4.78 is 0. The molecule has 0 fully saturated rings. The number of nitrogen functional groups attached to an aromatic ring is 3. The molecule has 2 aromatic rings. The van der Waals surface area contributed by atoms with E-state index in [2.05, 4.69) is 9.97 Å². The summed E-state index contributed by atoms with van der Waals surface area (Å²) >= 11 is 7.30. The van der Waals surface area contributed by atoms with Gasteiger partial charge >= 0.3 is 0 Å². The molecular formula is C10H10ClN5S. The van der Waals surface area contributed by atoms with Crippen LogP contribution in [0, 0.1) is 0 Å². The van der Waals surface area contributed by atoms with Gasteiger partial charge in [0.1, 0.15) is 15.9 Å². The summed E-state index contributed by atoms with van der Waals surface area (Å²) in [6.45, 7) is 0. The molecule has 2 rings (SSSR count). The van der Waals surface area contributed by atoms with Crippen molar-refractivity contribution in [3.63, 3.8) is 0 Å². The van der Waals surface area contributed by atoms with Gasteiger partial charge < -0.3 is 17.2 Å². The molecule has 0 aliphatic rings. The van der Waals surface area contributed by atoms with E-state index in [1.807, 2.05) is 18.2 Å². The summed E-state index contributed by atoms with van der Waals surface area (Å²) in [5.74, 6) is 0.250. The number of rotatable bonds is 2. The Kier molecular flexibility index (Phi) is 3.26. The molecular weight excluding hydrogens is 258 g/mol. The van der Waals surface area contributed by atoms with Gasteiger partial charge in [-0.3, -0.25) is 0 Å². The first-order valence-electron chi connectivity index (χ1n) is 4.69. The van der Waals surface area contributed by atoms with Crippen LogP contribution in [-0.2, 0) is 0 Å². The lowest BCUT2D eigenvalue weighted by Crippen LogP contribution is -2.02. The van der Waals surface area contributed by atoms with Crippen LogP contribution in [0.4, 0.5) is 17.5 Å². The Morgan fingerprint density at radius 1 is 1.06 bits per heavy atom. The van der Waals surface area contributed by atoms with Gasteiger partial charge in [0.2, 0.25) is 5.95 Å². The number of anilines is 3. The maximum Gasteiger partial charge on any atom is 0.223 e. The lowest BCUT2D eigenvalue weighted by atomic mass is 10.3. The van der Waals surface area contributed by atoms with Gasteiger partial charge in [-0.25, -0.2) is 4.98 Å². The van der Waals surface area contributed by atoms with Gasteiger partial charge in [-0.2, -0.15) is 4.98 Å². The Hall–Kier alpha value is -1.66. The molecule has 7 heteroatoms. The van der Waals surface area contributed by atoms with Crippen LogP contribution in [0.15, 0.2) is 34.2 Å². The largest absolute Gasteiger partial charge is 0.398 e. The predicted octanol–water partition coefficient (Wildman–Crippen LogP) is 2.03. The van der Waals surface area contributed by atoms with Gasteiger partial charge in [-0.1, -0.05) is 35.5 Å². The van der Waals surface area contributed by atoms with E-state index in [0.717, 1.165) is 4.90 Å². The van der Waals surface area contributed by atoms with E-state index in [1.165, 1.54) is 11.8 Å².